The van der Waals surface area contributed by atoms with Crippen LogP contribution in [0.25, 0.3) is 0 Å². The van der Waals surface area contributed by atoms with Crippen LogP contribution in [0.15, 0.2) is 18.2 Å². The lowest BCUT2D eigenvalue weighted by Crippen LogP contribution is -2.42. The van der Waals surface area contributed by atoms with Crippen LogP contribution in [0.1, 0.15) is 31.9 Å². The lowest BCUT2D eigenvalue weighted by Gasteiger charge is -2.26. The molecule has 0 bridgehead atoms. The summed E-state index contributed by atoms with van der Waals surface area (Å²) in [5.41, 5.74) is 2.85. The molecule has 1 rings (SSSR count). The van der Waals surface area contributed by atoms with Crippen molar-refractivity contribution in [2.24, 2.45) is 0 Å². The van der Waals surface area contributed by atoms with E-state index in [1.54, 1.807) is 14.0 Å². The van der Waals surface area contributed by atoms with Gasteiger partial charge in [-0.1, -0.05) is 31.5 Å². The molecule has 0 aliphatic carbocycles. The zero-order chi connectivity index (χ0) is 15.5. The highest BCUT2D eigenvalue weighted by Crippen LogP contribution is 2.24. The molecule has 0 aliphatic heterocycles. The molecule has 4 nitrogen and oxygen atoms in total. The molecular formula is C15H26N2O2S. The van der Waals surface area contributed by atoms with Crippen LogP contribution in [-0.2, 0) is 10.0 Å². The Bertz CT molecular complexity index is 553. The molecule has 1 atom stereocenters. The summed E-state index contributed by atoms with van der Waals surface area (Å²) in [7, 11) is -1.73. The van der Waals surface area contributed by atoms with E-state index in [4.69, 9.17) is 0 Å². The summed E-state index contributed by atoms with van der Waals surface area (Å²) >= 11 is 0. The Labute approximate surface area is 123 Å². The minimum Gasteiger partial charge on any atom is -0.313 e. The SMILES string of the molecule is Cc1ccc(N(C)S(=O)(=O)C(C)CNC(C)C)c(C)c1. The van der Waals surface area contributed by atoms with Crippen LogP contribution < -0.4 is 9.62 Å². The number of hydrogen-bond acceptors (Lipinski definition) is 3. The first-order valence-corrected chi connectivity index (χ1v) is 8.45. The molecule has 1 unspecified atom stereocenters. The Morgan fingerprint density at radius 3 is 2.30 bits per heavy atom. The first-order valence-electron chi connectivity index (χ1n) is 6.94. The third-order valence-corrected chi connectivity index (χ3v) is 5.54. The third kappa shape index (κ3) is 3.96. The average Bonchev–Trinajstić information content (AvgIpc) is 2.34. The number of benzene rings is 1. The monoisotopic (exact) mass is 298 g/mol. The Morgan fingerprint density at radius 2 is 1.80 bits per heavy atom. The topological polar surface area (TPSA) is 49.4 Å². The van der Waals surface area contributed by atoms with Gasteiger partial charge in [0, 0.05) is 19.6 Å². The molecule has 0 saturated heterocycles. The van der Waals surface area contributed by atoms with Gasteiger partial charge in [0.25, 0.3) is 0 Å². The van der Waals surface area contributed by atoms with Crippen LogP contribution in [0.2, 0.25) is 0 Å². The van der Waals surface area contributed by atoms with E-state index in [0.29, 0.717) is 6.54 Å². The summed E-state index contributed by atoms with van der Waals surface area (Å²) < 4.78 is 26.5. The molecule has 1 aromatic rings. The molecular weight excluding hydrogens is 272 g/mol. The van der Waals surface area contributed by atoms with Crippen LogP contribution in [0.5, 0.6) is 0 Å². The molecule has 20 heavy (non-hydrogen) atoms. The minimum atomic E-state index is -3.35. The zero-order valence-corrected chi connectivity index (χ0v) is 14.1. The van der Waals surface area contributed by atoms with Crippen LogP contribution in [0, 0.1) is 13.8 Å². The van der Waals surface area contributed by atoms with Crippen LogP contribution >= 0.6 is 0 Å². The molecule has 0 heterocycles. The Morgan fingerprint density at radius 1 is 1.20 bits per heavy atom. The molecule has 1 aromatic carbocycles. The predicted octanol–water partition coefficient (Wildman–Crippen LogP) is 2.46. The second kappa shape index (κ2) is 6.59. The fourth-order valence-corrected chi connectivity index (χ4v) is 3.40. The van der Waals surface area contributed by atoms with Gasteiger partial charge in [-0.05, 0) is 32.4 Å². The van der Waals surface area contributed by atoms with E-state index in [2.05, 4.69) is 5.32 Å². The van der Waals surface area contributed by atoms with Gasteiger partial charge in [-0.25, -0.2) is 8.42 Å². The third-order valence-electron chi connectivity index (χ3n) is 3.40. The van der Waals surface area contributed by atoms with Crippen LogP contribution in [0.3, 0.4) is 0 Å². The van der Waals surface area contributed by atoms with Gasteiger partial charge >= 0.3 is 0 Å². The number of rotatable bonds is 6. The quantitative estimate of drug-likeness (QED) is 0.877. The Hall–Kier alpha value is -1.07. The van der Waals surface area contributed by atoms with Gasteiger partial charge < -0.3 is 5.32 Å². The van der Waals surface area contributed by atoms with E-state index < -0.39 is 15.3 Å². The second-order valence-corrected chi connectivity index (χ2v) is 8.06. The van der Waals surface area contributed by atoms with Crippen molar-refractivity contribution < 1.29 is 8.42 Å². The first-order chi connectivity index (χ1) is 9.16. The molecule has 0 aliphatic rings. The molecule has 114 valence electrons. The fraction of sp³-hybridized carbons (Fsp3) is 0.600. The Kier molecular flexibility index (Phi) is 5.59. The smallest absolute Gasteiger partial charge is 0.238 e. The average molecular weight is 298 g/mol. The maximum Gasteiger partial charge on any atom is 0.238 e. The minimum absolute atomic E-state index is 0.277. The number of anilines is 1. The number of sulfonamides is 1. The molecule has 0 fully saturated rings. The van der Waals surface area contributed by atoms with Gasteiger partial charge in [0.1, 0.15) is 0 Å². The number of nitrogens with zero attached hydrogens (tertiary/aromatic N) is 1. The summed E-state index contributed by atoms with van der Waals surface area (Å²) in [6.45, 7) is 10.1. The highest BCUT2D eigenvalue weighted by molar-refractivity contribution is 7.93. The largest absolute Gasteiger partial charge is 0.313 e. The van der Waals surface area contributed by atoms with Crippen molar-refractivity contribution in [2.75, 3.05) is 17.9 Å². The van der Waals surface area contributed by atoms with Gasteiger partial charge in [-0.15, -0.1) is 0 Å². The Balaban J connectivity index is 2.96. The van der Waals surface area contributed by atoms with Crippen molar-refractivity contribution in [3.05, 3.63) is 29.3 Å². The second-order valence-electron chi connectivity index (χ2n) is 5.68. The summed E-state index contributed by atoms with van der Waals surface area (Å²) in [5.74, 6) is 0. The summed E-state index contributed by atoms with van der Waals surface area (Å²) in [4.78, 5) is 0. The van der Waals surface area contributed by atoms with E-state index in [1.165, 1.54) is 4.31 Å². The van der Waals surface area contributed by atoms with Gasteiger partial charge in [-0.2, -0.15) is 0 Å². The van der Waals surface area contributed by atoms with E-state index in [0.717, 1.165) is 16.8 Å². The number of aryl methyl sites for hydroxylation is 2. The van der Waals surface area contributed by atoms with Crippen molar-refractivity contribution in [3.8, 4) is 0 Å². The van der Waals surface area contributed by atoms with Gasteiger partial charge in [0.05, 0.1) is 10.9 Å². The van der Waals surface area contributed by atoms with Crippen molar-refractivity contribution in [2.45, 2.75) is 45.9 Å². The van der Waals surface area contributed by atoms with Crippen molar-refractivity contribution in [1.29, 1.82) is 0 Å². The molecule has 0 radical (unpaired) electrons. The van der Waals surface area contributed by atoms with E-state index in [-0.39, 0.29) is 6.04 Å². The number of hydrogen-bond donors (Lipinski definition) is 1. The van der Waals surface area contributed by atoms with Crippen molar-refractivity contribution in [3.63, 3.8) is 0 Å². The summed E-state index contributed by atoms with van der Waals surface area (Å²) in [6, 6.07) is 6.08. The van der Waals surface area contributed by atoms with E-state index >= 15 is 0 Å². The lowest BCUT2D eigenvalue weighted by atomic mass is 10.1. The number of nitrogens with one attached hydrogen (secondary N) is 1. The molecule has 0 aromatic heterocycles. The maximum atomic E-state index is 12.6. The zero-order valence-electron chi connectivity index (χ0n) is 13.3. The van der Waals surface area contributed by atoms with Gasteiger partial charge in [0.2, 0.25) is 10.0 Å². The van der Waals surface area contributed by atoms with Gasteiger partial charge in [0.15, 0.2) is 0 Å². The maximum absolute atomic E-state index is 12.6. The van der Waals surface area contributed by atoms with Gasteiger partial charge in [-0.3, -0.25) is 4.31 Å². The highest BCUT2D eigenvalue weighted by atomic mass is 32.2. The highest BCUT2D eigenvalue weighted by Gasteiger charge is 2.27. The molecule has 1 N–H and O–H groups in total. The molecule has 0 spiro atoms. The standard InChI is InChI=1S/C15H26N2O2S/c1-11(2)16-10-14(5)20(18,19)17(6)15-8-7-12(3)9-13(15)4/h7-9,11,14,16H,10H2,1-6H3. The lowest BCUT2D eigenvalue weighted by molar-refractivity contribution is 0.549. The molecule has 0 saturated carbocycles. The van der Waals surface area contributed by atoms with E-state index in [1.807, 2.05) is 45.9 Å². The molecule has 0 amide bonds. The summed E-state index contributed by atoms with van der Waals surface area (Å²) in [6.07, 6.45) is 0. The van der Waals surface area contributed by atoms with Crippen LogP contribution in [0.4, 0.5) is 5.69 Å². The van der Waals surface area contributed by atoms with Crippen LogP contribution in [-0.4, -0.2) is 33.3 Å². The van der Waals surface area contributed by atoms with Crippen molar-refractivity contribution >= 4 is 15.7 Å². The normalized spacial score (nSPS) is 13.6. The predicted molar refractivity (Wildman–Crippen MR) is 85.8 cm³/mol. The fourth-order valence-electron chi connectivity index (χ4n) is 2.07. The van der Waals surface area contributed by atoms with Crippen molar-refractivity contribution in [1.82, 2.24) is 5.32 Å². The van der Waals surface area contributed by atoms with E-state index in [9.17, 15) is 8.42 Å². The first kappa shape index (κ1) is 17.0. The summed E-state index contributed by atoms with van der Waals surface area (Å²) in [5, 5.41) is 2.71. The molecule has 5 heteroatoms.